The second-order valence-electron chi connectivity index (χ2n) is 1.48. The molecular weight excluding hydrogens is 147 g/mol. The zero-order chi connectivity index (χ0) is 6.41. The van der Waals surface area contributed by atoms with Gasteiger partial charge in [0.25, 0.3) is 0 Å². The average Bonchev–Trinajstić information content (AvgIpc) is 1.83. The topological polar surface area (TPSA) is 17.1 Å². The van der Waals surface area contributed by atoms with Crippen LogP contribution in [0.25, 0.3) is 0 Å². The van der Waals surface area contributed by atoms with Crippen molar-refractivity contribution in [3.05, 3.63) is 0 Å². The molecule has 1 nitrogen and oxygen atoms in total. The number of aldehydes is 1. The highest BCUT2D eigenvalue weighted by molar-refractivity contribution is 6.27. The standard InChI is InChI=1S/C5H8Cl2O/c6-3-1-2-5(7)4-8/h4-5H,1-3H2/t5-/m0/s1. The van der Waals surface area contributed by atoms with Crippen molar-refractivity contribution in [2.45, 2.75) is 18.2 Å². The van der Waals surface area contributed by atoms with Crippen molar-refractivity contribution >= 4 is 29.5 Å². The van der Waals surface area contributed by atoms with E-state index in [-0.39, 0.29) is 5.38 Å². The van der Waals surface area contributed by atoms with Crippen LogP contribution in [-0.4, -0.2) is 17.5 Å². The van der Waals surface area contributed by atoms with Crippen molar-refractivity contribution in [3.63, 3.8) is 0 Å². The van der Waals surface area contributed by atoms with E-state index in [2.05, 4.69) is 0 Å². The first-order valence-electron chi connectivity index (χ1n) is 2.46. The Morgan fingerprint density at radius 1 is 1.62 bits per heavy atom. The minimum Gasteiger partial charge on any atom is -0.302 e. The van der Waals surface area contributed by atoms with Gasteiger partial charge in [0.05, 0.1) is 5.38 Å². The molecule has 0 fully saturated rings. The summed E-state index contributed by atoms with van der Waals surface area (Å²) in [5.74, 6) is 0.580. The van der Waals surface area contributed by atoms with Gasteiger partial charge in [-0.1, -0.05) is 0 Å². The molecule has 0 aliphatic heterocycles. The van der Waals surface area contributed by atoms with Gasteiger partial charge in [0, 0.05) is 5.88 Å². The molecule has 0 aliphatic rings. The summed E-state index contributed by atoms with van der Waals surface area (Å²) in [6.45, 7) is 0. The van der Waals surface area contributed by atoms with E-state index in [9.17, 15) is 4.79 Å². The van der Waals surface area contributed by atoms with E-state index >= 15 is 0 Å². The first-order chi connectivity index (χ1) is 3.81. The first kappa shape index (κ1) is 8.25. The third-order valence-corrected chi connectivity index (χ3v) is 1.35. The van der Waals surface area contributed by atoms with Crippen LogP contribution in [0.2, 0.25) is 0 Å². The largest absolute Gasteiger partial charge is 0.302 e. The highest BCUT2D eigenvalue weighted by atomic mass is 35.5. The number of carbonyl (C=O) groups excluding carboxylic acids is 1. The Balaban J connectivity index is 2.98. The van der Waals surface area contributed by atoms with E-state index in [0.717, 1.165) is 12.7 Å². The molecule has 0 spiro atoms. The highest BCUT2D eigenvalue weighted by Gasteiger charge is 1.98. The Kier molecular flexibility index (Phi) is 5.56. The van der Waals surface area contributed by atoms with E-state index in [1.165, 1.54) is 0 Å². The minimum absolute atomic E-state index is 0.339. The van der Waals surface area contributed by atoms with Crippen LogP contribution in [-0.2, 0) is 4.79 Å². The van der Waals surface area contributed by atoms with Crippen LogP contribution in [0.1, 0.15) is 12.8 Å². The molecule has 0 bridgehead atoms. The van der Waals surface area contributed by atoms with Crippen molar-refractivity contribution in [3.8, 4) is 0 Å². The molecule has 0 unspecified atom stereocenters. The van der Waals surface area contributed by atoms with Crippen LogP contribution in [0.3, 0.4) is 0 Å². The molecule has 0 aliphatic carbocycles. The summed E-state index contributed by atoms with van der Waals surface area (Å²) >= 11 is 10.7. The van der Waals surface area contributed by atoms with Gasteiger partial charge in [0.15, 0.2) is 0 Å². The van der Waals surface area contributed by atoms with Gasteiger partial charge in [-0.2, -0.15) is 0 Å². The summed E-state index contributed by atoms with van der Waals surface area (Å²) in [4.78, 5) is 9.84. The van der Waals surface area contributed by atoms with Gasteiger partial charge in [-0.3, -0.25) is 0 Å². The number of hydrogen-bond donors (Lipinski definition) is 0. The maximum absolute atomic E-state index is 9.84. The molecule has 0 aromatic carbocycles. The lowest BCUT2D eigenvalue weighted by atomic mass is 10.3. The van der Waals surface area contributed by atoms with Gasteiger partial charge < -0.3 is 4.79 Å². The number of hydrogen-bond acceptors (Lipinski definition) is 1. The molecule has 8 heavy (non-hydrogen) atoms. The highest BCUT2D eigenvalue weighted by Crippen LogP contribution is 2.02. The number of rotatable bonds is 4. The van der Waals surface area contributed by atoms with E-state index < -0.39 is 0 Å². The number of alkyl halides is 2. The molecule has 0 rings (SSSR count). The normalized spacial score (nSPS) is 13.2. The molecular formula is C5H8Cl2O. The van der Waals surface area contributed by atoms with Crippen molar-refractivity contribution in [2.24, 2.45) is 0 Å². The molecule has 0 aromatic heterocycles. The van der Waals surface area contributed by atoms with Gasteiger partial charge in [0.2, 0.25) is 0 Å². The van der Waals surface area contributed by atoms with Gasteiger partial charge in [-0.15, -0.1) is 23.2 Å². The Bertz CT molecular complexity index is 65.4. The van der Waals surface area contributed by atoms with E-state index in [0.29, 0.717) is 12.3 Å². The zero-order valence-corrected chi connectivity index (χ0v) is 5.95. The lowest BCUT2D eigenvalue weighted by Crippen LogP contribution is -1.98. The van der Waals surface area contributed by atoms with Crippen LogP contribution in [0.5, 0.6) is 0 Å². The van der Waals surface area contributed by atoms with Crippen molar-refractivity contribution in [1.29, 1.82) is 0 Å². The quantitative estimate of drug-likeness (QED) is 0.447. The van der Waals surface area contributed by atoms with Crippen LogP contribution in [0.4, 0.5) is 0 Å². The summed E-state index contributed by atoms with van der Waals surface area (Å²) < 4.78 is 0. The van der Waals surface area contributed by atoms with Gasteiger partial charge in [0.1, 0.15) is 6.29 Å². The van der Waals surface area contributed by atoms with Crippen LogP contribution < -0.4 is 0 Å². The molecule has 0 saturated heterocycles. The molecule has 0 saturated carbocycles. The van der Waals surface area contributed by atoms with Gasteiger partial charge in [-0.05, 0) is 12.8 Å². The molecule has 0 N–H and O–H groups in total. The lowest BCUT2D eigenvalue weighted by molar-refractivity contribution is -0.107. The zero-order valence-electron chi connectivity index (χ0n) is 4.44. The molecule has 0 heterocycles. The average molecular weight is 155 g/mol. The predicted octanol–water partition coefficient (Wildman–Crippen LogP) is 1.81. The fourth-order valence-electron chi connectivity index (χ4n) is 0.340. The predicted molar refractivity (Wildman–Crippen MR) is 35.7 cm³/mol. The third kappa shape index (κ3) is 4.41. The molecule has 0 aromatic rings. The smallest absolute Gasteiger partial charge is 0.137 e. The maximum atomic E-state index is 9.84. The molecule has 3 heteroatoms. The molecule has 1 atom stereocenters. The van der Waals surface area contributed by atoms with Crippen molar-refractivity contribution < 1.29 is 4.79 Å². The third-order valence-electron chi connectivity index (χ3n) is 0.761. The monoisotopic (exact) mass is 154 g/mol. The summed E-state index contributed by atoms with van der Waals surface area (Å²) in [5.41, 5.74) is 0. The second kappa shape index (κ2) is 5.39. The van der Waals surface area contributed by atoms with Crippen molar-refractivity contribution in [1.82, 2.24) is 0 Å². The van der Waals surface area contributed by atoms with E-state index in [1.54, 1.807) is 0 Å². The maximum Gasteiger partial charge on any atom is 0.137 e. The Hall–Kier alpha value is 0.250. The SMILES string of the molecule is O=C[C@@H](Cl)CCCCl. The van der Waals surface area contributed by atoms with Crippen molar-refractivity contribution in [2.75, 3.05) is 5.88 Å². The Morgan fingerprint density at radius 3 is 2.62 bits per heavy atom. The van der Waals surface area contributed by atoms with Gasteiger partial charge >= 0.3 is 0 Å². The number of carbonyl (C=O) groups is 1. The fraction of sp³-hybridized carbons (Fsp3) is 0.800. The van der Waals surface area contributed by atoms with Crippen LogP contribution >= 0.6 is 23.2 Å². The minimum atomic E-state index is -0.339. The Morgan fingerprint density at radius 2 is 2.25 bits per heavy atom. The molecule has 0 radical (unpaired) electrons. The van der Waals surface area contributed by atoms with Crippen LogP contribution in [0, 0.1) is 0 Å². The molecule has 0 amide bonds. The fourth-order valence-corrected chi connectivity index (χ4v) is 0.649. The van der Waals surface area contributed by atoms with E-state index in [1.807, 2.05) is 0 Å². The number of halogens is 2. The summed E-state index contributed by atoms with van der Waals surface area (Å²) in [6, 6.07) is 0. The van der Waals surface area contributed by atoms with Crippen LogP contribution in [0.15, 0.2) is 0 Å². The first-order valence-corrected chi connectivity index (χ1v) is 3.43. The summed E-state index contributed by atoms with van der Waals surface area (Å²) in [5, 5.41) is -0.339. The summed E-state index contributed by atoms with van der Waals surface area (Å²) in [6.07, 6.45) is 2.23. The summed E-state index contributed by atoms with van der Waals surface area (Å²) in [7, 11) is 0. The molecule has 48 valence electrons. The van der Waals surface area contributed by atoms with Gasteiger partial charge in [-0.25, -0.2) is 0 Å². The van der Waals surface area contributed by atoms with E-state index in [4.69, 9.17) is 23.2 Å². The second-order valence-corrected chi connectivity index (χ2v) is 2.42. The Labute approximate surface area is 59.0 Å². The lowest BCUT2D eigenvalue weighted by Gasteiger charge is -1.94.